The van der Waals surface area contributed by atoms with Crippen LogP contribution in [0.3, 0.4) is 0 Å². The SMILES string of the molecule is CCN1CCc2c(sc(-n3cccc3)c2CNC(=O)Nc2sc3c(c2C(=O)OC(C)C)CCCC3)C1. The summed E-state index contributed by atoms with van der Waals surface area (Å²) < 4.78 is 7.67. The number of carbonyl (C=O) groups is 2. The van der Waals surface area contributed by atoms with Gasteiger partial charge < -0.3 is 14.6 Å². The van der Waals surface area contributed by atoms with E-state index in [-0.39, 0.29) is 18.1 Å². The van der Waals surface area contributed by atoms with Crippen molar-refractivity contribution < 1.29 is 14.3 Å². The number of amides is 2. The quantitative estimate of drug-likeness (QED) is 0.385. The second-order valence-electron chi connectivity index (χ2n) is 9.67. The van der Waals surface area contributed by atoms with Crippen LogP contribution < -0.4 is 10.6 Å². The van der Waals surface area contributed by atoms with Crippen LogP contribution in [-0.2, 0) is 37.1 Å². The molecule has 0 fully saturated rings. The third kappa shape index (κ3) is 5.10. The van der Waals surface area contributed by atoms with Crippen molar-refractivity contribution in [1.82, 2.24) is 14.8 Å². The lowest BCUT2D eigenvalue weighted by atomic mass is 9.95. The van der Waals surface area contributed by atoms with Gasteiger partial charge in [-0.1, -0.05) is 6.92 Å². The smallest absolute Gasteiger partial charge is 0.341 e. The van der Waals surface area contributed by atoms with Gasteiger partial charge in [0.1, 0.15) is 10.0 Å². The molecule has 0 bridgehead atoms. The van der Waals surface area contributed by atoms with Gasteiger partial charge in [-0.2, -0.15) is 0 Å². The zero-order valence-electron chi connectivity index (χ0n) is 21.2. The normalized spacial score (nSPS) is 15.4. The van der Waals surface area contributed by atoms with Gasteiger partial charge in [-0.25, -0.2) is 9.59 Å². The predicted octanol–water partition coefficient (Wildman–Crippen LogP) is 5.74. The minimum absolute atomic E-state index is 0.209. The minimum Gasteiger partial charge on any atom is -0.459 e. The number of fused-ring (bicyclic) bond motifs is 2. The van der Waals surface area contributed by atoms with Crippen molar-refractivity contribution in [1.29, 1.82) is 0 Å². The van der Waals surface area contributed by atoms with E-state index in [2.05, 4.69) is 39.4 Å². The van der Waals surface area contributed by atoms with Crippen LogP contribution in [-0.4, -0.2) is 40.7 Å². The van der Waals surface area contributed by atoms with Crippen LogP contribution in [0.5, 0.6) is 0 Å². The predicted molar refractivity (Wildman–Crippen MR) is 146 cm³/mol. The van der Waals surface area contributed by atoms with Crippen LogP contribution in [0.15, 0.2) is 24.5 Å². The molecule has 0 unspecified atom stereocenters. The molecule has 2 N–H and O–H groups in total. The fraction of sp³-hybridized carbons (Fsp3) is 0.481. The maximum atomic E-state index is 13.1. The molecule has 1 aliphatic heterocycles. The molecule has 4 heterocycles. The minimum atomic E-state index is -0.345. The highest BCUT2D eigenvalue weighted by atomic mass is 32.1. The maximum Gasteiger partial charge on any atom is 0.341 e. The van der Waals surface area contributed by atoms with Gasteiger partial charge in [0.25, 0.3) is 0 Å². The van der Waals surface area contributed by atoms with Crippen LogP contribution in [0.2, 0.25) is 0 Å². The van der Waals surface area contributed by atoms with E-state index in [0.717, 1.165) is 62.3 Å². The molecule has 7 nitrogen and oxygen atoms in total. The summed E-state index contributed by atoms with van der Waals surface area (Å²) in [7, 11) is 0. The van der Waals surface area contributed by atoms with E-state index in [1.54, 1.807) is 0 Å². The highest BCUT2D eigenvalue weighted by Crippen LogP contribution is 2.39. The van der Waals surface area contributed by atoms with Crippen molar-refractivity contribution >= 4 is 39.7 Å². The van der Waals surface area contributed by atoms with Crippen molar-refractivity contribution in [3.05, 3.63) is 56.5 Å². The number of nitrogens with zero attached hydrogens (tertiary/aromatic N) is 2. The zero-order valence-corrected chi connectivity index (χ0v) is 22.8. The molecule has 0 aromatic carbocycles. The van der Waals surface area contributed by atoms with E-state index in [1.165, 1.54) is 32.2 Å². The lowest BCUT2D eigenvalue weighted by Gasteiger charge is -2.25. The summed E-state index contributed by atoms with van der Waals surface area (Å²) in [4.78, 5) is 31.1. The number of urea groups is 1. The molecule has 3 aromatic heterocycles. The maximum absolute atomic E-state index is 13.1. The summed E-state index contributed by atoms with van der Waals surface area (Å²) in [6.45, 7) is 9.37. The number of thiophene rings is 2. The number of hydrogen-bond donors (Lipinski definition) is 2. The van der Waals surface area contributed by atoms with Crippen LogP contribution >= 0.6 is 22.7 Å². The number of carbonyl (C=O) groups excluding carboxylic acids is 2. The first-order valence-electron chi connectivity index (χ1n) is 12.8. The number of likely N-dealkylation sites (N-methyl/N-ethyl adjacent to an activating group) is 1. The molecule has 0 radical (unpaired) electrons. The highest BCUT2D eigenvalue weighted by molar-refractivity contribution is 7.17. The molecular formula is C27H34N4O3S2. The Hall–Kier alpha value is -2.62. The van der Waals surface area contributed by atoms with Crippen LogP contribution in [0.25, 0.3) is 5.00 Å². The lowest BCUT2D eigenvalue weighted by Crippen LogP contribution is -2.31. The number of anilines is 1. The summed E-state index contributed by atoms with van der Waals surface area (Å²) in [5.74, 6) is -0.345. The second-order valence-corrected chi connectivity index (χ2v) is 11.9. The summed E-state index contributed by atoms with van der Waals surface area (Å²) in [6, 6.07) is 3.76. The first-order valence-corrected chi connectivity index (χ1v) is 14.5. The first-order chi connectivity index (χ1) is 17.4. The number of rotatable bonds is 7. The van der Waals surface area contributed by atoms with E-state index in [1.807, 2.05) is 37.3 Å². The standard InChI is InChI=1S/C27H34N4O3S2/c1-4-30-14-11-18-20(25(36-22(18)16-30)31-12-7-8-13-31)15-28-27(33)29-24-23(26(32)34-17(2)3)19-9-5-6-10-21(19)35-24/h7-8,12-13,17H,4-6,9-11,14-16H2,1-3H3,(H2,28,29,33). The Kier molecular flexibility index (Phi) is 7.50. The van der Waals surface area contributed by atoms with Gasteiger partial charge in [-0.15, -0.1) is 22.7 Å². The summed E-state index contributed by atoms with van der Waals surface area (Å²) in [5, 5.41) is 7.84. The third-order valence-corrected chi connectivity index (χ3v) is 9.36. The molecule has 192 valence electrons. The largest absolute Gasteiger partial charge is 0.459 e. The van der Waals surface area contributed by atoms with Crippen molar-refractivity contribution in [2.75, 3.05) is 18.4 Å². The van der Waals surface area contributed by atoms with E-state index >= 15 is 0 Å². The molecule has 3 aromatic rings. The average molecular weight is 527 g/mol. The average Bonchev–Trinajstić information content (AvgIpc) is 3.58. The number of hydrogen-bond acceptors (Lipinski definition) is 6. The molecular weight excluding hydrogens is 492 g/mol. The molecule has 0 saturated carbocycles. The third-order valence-electron chi connectivity index (χ3n) is 6.88. The molecule has 0 saturated heterocycles. The van der Waals surface area contributed by atoms with E-state index in [9.17, 15) is 9.59 Å². The summed E-state index contributed by atoms with van der Waals surface area (Å²) in [5.41, 5.74) is 4.14. The monoisotopic (exact) mass is 526 g/mol. The van der Waals surface area contributed by atoms with E-state index in [4.69, 9.17) is 4.74 Å². The number of nitrogens with one attached hydrogen (secondary N) is 2. The van der Waals surface area contributed by atoms with Crippen LogP contribution in [0, 0.1) is 0 Å². The van der Waals surface area contributed by atoms with Gasteiger partial charge in [0.15, 0.2) is 0 Å². The Morgan fingerprint density at radius 3 is 2.58 bits per heavy atom. The molecule has 9 heteroatoms. The highest BCUT2D eigenvalue weighted by Gasteiger charge is 2.29. The van der Waals surface area contributed by atoms with Crippen LogP contribution in [0.4, 0.5) is 9.80 Å². The van der Waals surface area contributed by atoms with Gasteiger partial charge in [-0.05, 0) is 75.8 Å². The van der Waals surface area contributed by atoms with Crippen LogP contribution in [0.1, 0.15) is 70.4 Å². The molecule has 2 amide bonds. The first kappa shape index (κ1) is 25.0. The van der Waals surface area contributed by atoms with Gasteiger partial charge in [0.05, 0.1) is 11.7 Å². The number of ether oxygens (including phenoxy) is 1. The van der Waals surface area contributed by atoms with E-state index < -0.39 is 0 Å². The molecule has 36 heavy (non-hydrogen) atoms. The Morgan fingerprint density at radius 1 is 1.06 bits per heavy atom. The summed E-state index contributed by atoms with van der Waals surface area (Å²) >= 11 is 3.33. The topological polar surface area (TPSA) is 75.6 Å². The van der Waals surface area contributed by atoms with Gasteiger partial charge >= 0.3 is 12.0 Å². The van der Waals surface area contributed by atoms with Crippen molar-refractivity contribution in [3.8, 4) is 5.00 Å². The second kappa shape index (κ2) is 10.8. The van der Waals surface area contributed by atoms with Crippen molar-refractivity contribution in [2.45, 2.75) is 72.1 Å². The van der Waals surface area contributed by atoms with Crippen molar-refractivity contribution in [2.24, 2.45) is 0 Å². The zero-order chi connectivity index (χ0) is 25.2. The number of aryl methyl sites for hydroxylation is 1. The Bertz CT molecular complexity index is 1240. The lowest BCUT2D eigenvalue weighted by molar-refractivity contribution is 0.0378. The Balaban J connectivity index is 1.36. The van der Waals surface area contributed by atoms with Crippen molar-refractivity contribution in [3.63, 3.8) is 0 Å². The van der Waals surface area contributed by atoms with E-state index in [0.29, 0.717) is 17.1 Å². The fourth-order valence-electron chi connectivity index (χ4n) is 5.10. The Morgan fingerprint density at radius 2 is 1.83 bits per heavy atom. The van der Waals surface area contributed by atoms with Gasteiger partial charge in [-0.3, -0.25) is 10.2 Å². The van der Waals surface area contributed by atoms with Gasteiger partial charge in [0, 0.05) is 47.3 Å². The molecule has 2 aliphatic rings. The number of aromatic nitrogens is 1. The summed E-state index contributed by atoms with van der Waals surface area (Å²) in [6.07, 6.45) is 8.86. The van der Waals surface area contributed by atoms with Gasteiger partial charge in [0.2, 0.25) is 0 Å². The number of esters is 1. The molecule has 5 rings (SSSR count). The molecule has 0 spiro atoms. The fourth-order valence-corrected chi connectivity index (χ4v) is 7.74. The molecule has 0 atom stereocenters. The Labute approximate surface area is 220 Å². The molecule has 1 aliphatic carbocycles.